The minimum atomic E-state index is -1.74. The molecule has 18 N–H and O–H groups in total. The number of amides is 11. The van der Waals surface area contributed by atoms with Crippen molar-refractivity contribution in [1.82, 2.24) is 52.8 Å². The Bertz CT molecular complexity index is 2750. The highest BCUT2D eigenvalue weighted by atomic mass is 16.4. The number of hydrogen-bond acceptors (Lipinski definition) is 17. The molecular weight excluding hydrogens is 1150 g/mol. The number of nitrogens with zero attached hydrogens (tertiary/aromatic N) is 1. The lowest BCUT2D eigenvalue weighted by Gasteiger charge is -2.32. The number of aliphatic carboxylic acids is 2. The molecule has 0 aromatic heterocycles. The standard InChI is InChI=1S/C58H86N12O18/c1-30(2)46(68-56(86)47(31(3)4)67-53(83)42(29-71)66-52(82)41(27-34-13-8-7-9-14-34)65-51(81)40(61-33(6)73)28-35-17-19-36(74)20-18-35)55(85)64-39(22-24-45(77)78)58(88)70-26-12-16-43(70)54(84)63-38(15-10-11-25-59)50(80)69-48(32(5)72)57(87)62-37(49(60)79)21-23-44(75)76/h7-9,13-14,17-20,30-32,37-43,46-48,71-72,74H,10-12,15-16,21-29,59H2,1-6H3,(H2,60,79)(H,61,73)(H,62,87)(H,63,84)(H,64,85)(H,65,81)(H,66,82)(H,67,83)(H,68,86)(H,69,80)(H,75,76)(H,77,78)/t32-,37+,38+,39+,40+,41+,42+,43+,46+,47+,48+/m1/s1. The number of aliphatic hydroxyl groups is 2. The molecule has 1 aliphatic heterocycles. The van der Waals surface area contributed by atoms with Crippen LogP contribution in [0, 0.1) is 11.8 Å². The van der Waals surface area contributed by atoms with Gasteiger partial charge in [0, 0.05) is 39.2 Å². The number of aliphatic hydroxyl groups excluding tert-OH is 2. The van der Waals surface area contributed by atoms with Gasteiger partial charge in [-0.25, -0.2) is 0 Å². The van der Waals surface area contributed by atoms with Gasteiger partial charge in [0.2, 0.25) is 65.0 Å². The fraction of sp³-hybridized carbons (Fsp3) is 0.569. The van der Waals surface area contributed by atoms with Crippen LogP contribution in [0.2, 0.25) is 0 Å². The lowest BCUT2D eigenvalue weighted by molar-refractivity contribution is -0.144. The Morgan fingerprint density at radius 2 is 1.00 bits per heavy atom. The summed E-state index contributed by atoms with van der Waals surface area (Å²) in [5, 5.41) is 71.9. The summed E-state index contributed by atoms with van der Waals surface area (Å²) >= 11 is 0. The summed E-state index contributed by atoms with van der Waals surface area (Å²) in [6, 6.07) is -0.365. The molecule has 30 heteroatoms. The van der Waals surface area contributed by atoms with E-state index in [1.807, 2.05) is 0 Å². The summed E-state index contributed by atoms with van der Waals surface area (Å²) in [7, 11) is 0. The predicted octanol–water partition coefficient (Wildman–Crippen LogP) is -3.42. The first-order chi connectivity index (χ1) is 41.5. The highest BCUT2D eigenvalue weighted by Gasteiger charge is 2.42. The van der Waals surface area contributed by atoms with Crippen molar-refractivity contribution in [2.45, 2.75) is 179 Å². The van der Waals surface area contributed by atoms with Crippen molar-refractivity contribution >= 4 is 76.9 Å². The van der Waals surface area contributed by atoms with Gasteiger partial charge >= 0.3 is 11.9 Å². The van der Waals surface area contributed by atoms with Crippen LogP contribution in [-0.4, -0.2) is 194 Å². The second kappa shape index (κ2) is 36.4. The van der Waals surface area contributed by atoms with Gasteiger partial charge in [-0.3, -0.25) is 62.3 Å². The number of rotatable bonds is 37. The number of carboxylic acid groups (broad SMARTS) is 2. The number of aromatic hydroxyl groups is 1. The largest absolute Gasteiger partial charge is 0.508 e. The van der Waals surface area contributed by atoms with Crippen molar-refractivity contribution in [1.29, 1.82) is 0 Å². The van der Waals surface area contributed by atoms with E-state index in [1.54, 1.807) is 70.2 Å². The number of unbranched alkanes of at least 4 members (excludes halogenated alkanes) is 1. The van der Waals surface area contributed by atoms with Gasteiger partial charge in [0.15, 0.2) is 0 Å². The second-order valence-electron chi connectivity index (χ2n) is 22.2. The first-order valence-corrected chi connectivity index (χ1v) is 29.0. The first-order valence-electron chi connectivity index (χ1n) is 29.0. The van der Waals surface area contributed by atoms with Gasteiger partial charge in [-0.05, 0) is 93.5 Å². The zero-order chi connectivity index (χ0) is 65.9. The van der Waals surface area contributed by atoms with Gasteiger partial charge in [0.25, 0.3) is 0 Å². The number of carbonyl (C=O) groups is 13. The number of phenols is 1. The number of likely N-dealkylation sites (tertiary alicyclic amines) is 1. The lowest BCUT2D eigenvalue weighted by atomic mass is 9.98. The number of carboxylic acids is 2. The average Bonchev–Trinajstić information content (AvgIpc) is 4.20. The molecule has 1 fully saturated rings. The Kier molecular flexibility index (Phi) is 30.4. The number of nitrogens with one attached hydrogen (secondary N) is 9. The summed E-state index contributed by atoms with van der Waals surface area (Å²) < 4.78 is 0. The van der Waals surface area contributed by atoms with Crippen LogP contribution in [0.25, 0.3) is 0 Å². The zero-order valence-corrected chi connectivity index (χ0v) is 50.2. The van der Waals surface area contributed by atoms with Crippen LogP contribution >= 0.6 is 0 Å². The van der Waals surface area contributed by atoms with Gasteiger partial charge in [0.05, 0.1) is 12.7 Å². The fourth-order valence-electron chi connectivity index (χ4n) is 9.48. The number of hydrogen-bond donors (Lipinski definition) is 16. The minimum absolute atomic E-state index is 0.0300. The lowest BCUT2D eigenvalue weighted by Crippen LogP contribution is -2.62. The van der Waals surface area contributed by atoms with Crippen molar-refractivity contribution in [3.63, 3.8) is 0 Å². The number of carbonyl (C=O) groups excluding carboxylic acids is 11. The number of phenolic OH excluding ortho intramolecular Hbond substituents is 1. The molecule has 2 aromatic carbocycles. The predicted molar refractivity (Wildman–Crippen MR) is 314 cm³/mol. The Labute approximate surface area is 509 Å². The quantitative estimate of drug-likeness (QED) is 0.0293. The van der Waals surface area contributed by atoms with Gasteiger partial charge in [-0.2, -0.15) is 0 Å². The third kappa shape index (κ3) is 24.2. The monoisotopic (exact) mass is 1240 g/mol. The molecule has 3 rings (SSSR count). The van der Waals surface area contributed by atoms with Crippen LogP contribution in [-0.2, 0) is 75.2 Å². The average molecular weight is 1240 g/mol. The van der Waals surface area contributed by atoms with E-state index < -0.39 is 188 Å². The molecule has 11 amide bonds. The maximum atomic E-state index is 14.5. The Morgan fingerprint density at radius 1 is 0.545 bits per heavy atom. The van der Waals surface area contributed by atoms with Crippen molar-refractivity contribution in [2.24, 2.45) is 23.3 Å². The molecule has 11 atom stereocenters. The molecule has 486 valence electrons. The van der Waals surface area contributed by atoms with Crippen LogP contribution in [0.4, 0.5) is 0 Å². The normalized spacial score (nSPS) is 16.3. The highest BCUT2D eigenvalue weighted by Crippen LogP contribution is 2.22. The van der Waals surface area contributed by atoms with Crippen molar-refractivity contribution in [3.05, 3.63) is 65.7 Å². The van der Waals surface area contributed by atoms with Crippen LogP contribution in [0.15, 0.2) is 54.6 Å². The summed E-state index contributed by atoms with van der Waals surface area (Å²) in [4.78, 5) is 174. The van der Waals surface area contributed by atoms with Crippen LogP contribution in [0.3, 0.4) is 0 Å². The molecule has 2 aromatic rings. The molecule has 88 heavy (non-hydrogen) atoms. The highest BCUT2D eigenvalue weighted by molar-refractivity contribution is 5.99. The topological polar surface area (TPSA) is 487 Å². The molecule has 0 spiro atoms. The van der Waals surface area contributed by atoms with Crippen molar-refractivity contribution < 1.29 is 87.9 Å². The van der Waals surface area contributed by atoms with E-state index in [1.165, 1.54) is 19.1 Å². The van der Waals surface area contributed by atoms with Crippen molar-refractivity contribution in [2.75, 3.05) is 19.7 Å². The minimum Gasteiger partial charge on any atom is -0.508 e. The summed E-state index contributed by atoms with van der Waals surface area (Å²) in [6.07, 6.45) is -2.97. The van der Waals surface area contributed by atoms with Gasteiger partial charge < -0.3 is 89.8 Å². The van der Waals surface area contributed by atoms with Crippen LogP contribution in [0.1, 0.15) is 110 Å². The molecule has 30 nitrogen and oxygen atoms in total. The van der Waals surface area contributed by atoms with Crippen molar-refractivity contribution in [3.8, 4) is 5.75 Å². The summed E-state index contributed by atoms with van der Waals surface area (Å²) in [5.74, 6) is -14.2. The van der Waals surface area contributed by atoms with E-state index in [4.69, 9.17) is 16.6 Å². The molecular formula is C58H86N12O18. The fourth-order valence-corrected chi connectivity index (χ4v) is 9.48. The molecule has 0 saturated carbocycles. The summed E-state index contributed by atoms with van der Waals surface area (Å²) in [5.41, 5.74) is 12.2. The molecule has 1 aliphatic rings. The molecule has 1 saturated heterocycles. The smallest absolute Gasteiger partial charge is 0.303 e. The Morgan fingerprint density at radius 3 is 1.51 bits per heavy atom. The maximum Gasteiger partial charge on any atom is 0.303 e. The number of primary amides is 1. The van der Waals surface area contributed by atoms with Gasteiger partial charge in [-0.1, -0.05) is 70.2 Å². The van der Waals surface area contributed by atoms with Gasteiger partial charge in [0.1, 0.15) is 66.2 Å². The molecule has 0 aliphatic carbocycles. The SMILES string of the molecule is CC(=O)N[C@@H](Cc1ccc(O)cc1)C(=O)N[C@@H](Cc1ccccc1)C(=O)N[C@@H](CO)C(=O)N[C@H](C(=O)N[C@H](C(=O)N[C@@H](CCC(=O)O)C(=O)N1CCC[C@H]1C(=O)N[C@@H](CCCCN)C(=O)N[C@H](C(=O)N[C@@H](CCC(=O)O)C(N)=O)[C@@H](C)O)C(C)C)C(C)C. The third-order valence-electron chi connectivity index (χ3n) is 14.3. The van der Waals surface area contributed by atoms with E-state index >= 15 is 0 Å². The van der Waals surface area contributed by atoms with Crippen LogP contribution < -0.4 is 59.3 Å². The molecule has 1 heterocycles. The Hall–Kier alpha value is -8.77. The molecule has 0 bridgehead atoms. The second-order valence-corrected chi connectivity index (χ2v) is 22.2. The zero-order valence-electron chi connectivity index (χ0n) is 50.2. The van der Waals surface area contributed by atoms with E-state index in [0.717, 1.165) is 11.8 Å². The third-order valence-corrected chi connectivity index (χ3v) is 14.3. The maximum absolute atomic E-state index is 14.5. The Balaban J connectivity index is 1.82. The summed E-state index contributed by atoms with van der Waals surface area (Å²) in [6.45, 7) is 7.69. The van der Waals surface area contributed by atoms with E-state index in [2.05, 4.69) is 47.9 Å². The molecule has 0 radical (unpaired) electrons. The number of benzene rings is 2. The van der Waals surface area contributed by atoms with Crippen LogP contribution in [0.5, 0.6) is 5.75 Å². The van der Waals surface area contributed by atoms with Gasteiger partial charge in [-0.15, -0.1) is 0 Å². The number of nitrogens with two attached hydrogens (primary N) is 2. The van der Waals surface area contributed by atoms with E-state index in [9.17, 15) is 82.8 Å². The molecule has 0 unspecified atom stereocenters. The first kappa shape index (κ1) is 73.5. The van der Waals surface area contributed by atoms with E-state index in [-0.39, 0.29) is 57.4 Å². The van der Waals surface area contributed by atoms with E-state index in [0.29, 0.717) is 17.5 Å².